The van der Waals surface area contributed by atoms with Crippen molar-refractivity contribution in [1.29, 1.82) is 0 Å². The molecule has 6 nitrogen and oxygen atoms in total. The van der Waals surface area contributed by atoms with Crippen LogP contribution in [0.5, 0.6) is 0 Å². The van der Waals surface area contributed by atoms with E-state index in [1.807, 2.05) is 23.1 Å². The van der Waals surface area contributed by atoms with E-state index in [1.54, 1.807) is 18.2 Å². The standard InChI is InChI=1S/C22H20F3N5OS.CH3F/c23-16-2-1-3-17(8-16)30(21(32)29-12-22(13-29)10-26-11-22)9-14-4-6-15(7-5-14)19-27-28-20(31-19)18(24)25;1-2/h1-8,18,26H,9-13H2;1H3. The molecule has 1 spiro atoms. The number of hydrogen-bond donors (Lipinski definition) is 1. The van der Waals surface area contributed by atoms with Crippen LogP contribution in [0.25, 0.3) is 11.5 Å². The second kappa shape index (κ2) is 10.1. The van der Waals surface area contributed by atoms with Crippen LogP contribution in [0, 0.1) is 11.2 Å². The van der Waals surface area contributed by atoms with Crippen molar-refractivity contribution in [3.8, 4) is 11.5 Å². The molecule has 0 unspecified atom stereocenters. The van der Waals surface area contributed by atoms with Crippen LogP contribution in [-0.2, 0) is 6.54 Å². The molecule has 2 saturated heterocycles. The van der Waals surface area contributed by atoms with Gasteiger partial charge in [0.2, 0.25) is 5.89 Å². The quantitative estimate of drug-likeness (QED) is 0.412. The van der Waals surface area contributed by atoms with Crippen LogP contribution in [-0.4, -0.2) is 53.6 Å². The van der Waals surface area contributed by atoms with E-state index < -0.39 is 12.3 Å². The Morgan fingerprint density at radius 3 is 2.41 bits per heavy atom. The number of hydrogen-bond acceptors (Lipinski definition) is 5. The van der Waals surface area contributed by atoms with Gasteiger partial charge in [0.05, 0.1) is 13.7 Å². The molecular formula is C23H23F4N5OS. The maximum absolute atomic E-state index is 13.9. The van der Waals surface area contributed by atoms with Gasteiger partial charge >= 0.3 is 6.43 Å². The third-order valence-electron chi connectivity index (χ3n) is 5.84. The van der Waals surface area contributed by atoms with E-state index in [-0.39, 0.29) is 11.7 Å². The number of anilines is 1. The van der Waals surface area contributed by atoms with E-state index in [9.17, 15) is 17.6 Å². The molecule has 180 valence electrons. The van der Waals surface area contributed by atoms with Gasteiger partial charge < -0.3 is 19.5 Å². The van der Waals surface area contributed by atoms with Gasteiger partial charge in [0.15, 0.2) is 5.11 Å². The minimum atomic E-state index is -2.81. The fourth-order valence-corrected chi connectivity index (χ4v) is 4.36. The first-order valence-electron chi connectivity index (χ1n) is 10.5. The predicted molar refractivity (Wildman–Crippen MR) is 124 cm³/mol. The maximum Gasteiger partial charge on any atom is 0.314 e. The van der Waals surface area contributed by atoms with Crippen LogP contribution in [0.1, 0.15) is 17.9 Å². The minimum absolute atomic E-state index is 0.0318. The lowest BCUT2D eigenvalue weighted by atomic mass is 9.75. The summed E-state index contributed by atoms with van der Waals surface area (Å²) in [6.45, 7) is 4.18. The van der Waals surface area contributed by atoms with Crippen molar-refractivity contribution in [3.05, 3.63) is 65.8 Å². The van der Waals surface area contributed by atoms with Gasteiger partial charge in [0, 0.05) is 42.8 Å². The lowest BCUT2D eigenvalue weighted by Gasteiger charge is -2.57. The molecule has 1 N–H and O–H groups in total. The van der Waals surface area contributed by atoms with Crippen molar-refractivity contribution >= 4 is 23.0 Å². The first-order valence-corrected chi connectivity index (χ1v) is 10.9. The summed E-state index contributed by atoms with van der Waals surface area (Å²) in [7, 11) is 0.500. The van der Waals surface area contributed by atoms with E-state index in [0.717, 1.165) is 31.7 Å². The average Bonchev–Trinajstić information content (AvgIpc) is 3.28. The Balaban J connectivity index is 0.00000133. The molecule has 2 aromatic carbocycles. The molecule has 0 saturated carbocycles. The monoisotopic (exact) mass is 493 g/mol. The molecule has 2 fully saturated rings. The summed E-state index contributed by atoms with van der Waals surface area (Å²) in [5, 5.41) is 11.0. The summed E-state index contributed by atoms with van der Waals surface area (Å²) in [6, 6.07) is 13.5. The van der Waals surface area contributed by atoms with Crippen LogP contribution in [0.2, 0.25) is 0 Å². The van der Waals surface area contributed by atoms with E-state index in [1.165, 1.54) is 12.1 Å². The van der Waals surface area contributed by atoms with Crippen LogP contribution in [0.3, 0.4) is 0 Å². The second-order valence-electron chi connectivity index (χ2n) is 8.25. The number of alkyl halides is 3. The molecule has 3 heterocycles. The van der Waals surface area contributed by atoms with Gasteiger partial charge in [-0.05, 0) is 48.1 Å². The fraction of sp³-hybridized carbons (Fsp3) is 0.348. The lowest BCUT2D eigenvalue weighted by Crippen LogP contribution is -2.73. The van der Waals surface area contributed by atoms with Gasteiger partial charge in [0.1, 0.15) is 5.82 Å². The molecule has 2 aliphatic heterocycles. The Kier molecular flexibility index (Phi) is 7.13. The summed E-state index contributed by atoms with van der Waals surface area (Å²) in [6.07, 6.45) is -2.81. The minimum Gasteiger partial charge on any atom is -0.415 e. The van der Waals surface area contributed by atoms with Gasteiger partial charge in [0.25, 0.3) is 5.89 Å². The highest BCUT2D eigenvalue weighted by molar-refractivity contribution is 7.80. The number of nitrogens with zero attached hydrogens (tertiary/aromatic N) is 4. The van der Waals surface area contributed by atoms with Crippen LogP contribution in [0.15, 0.2) is 52.9 Å². The van der Waals surface area contributed by atoms with Gasteiger partial charge in [-0.2, -0.15) is 8.78 Å². The van der Waals surface area contributed by atoms with Gasteiger partial charge in [-0.25, -0.2) is 4.39 Å². The normalized spacial score (nSPS) is 15.9. The molecule has 0 bridgehead atoms. The Labute approximate surface area is 199 Å². The van der Waals surface area contributed by atoms with E-state index in [2.05, 4.69) is 20.4 Å². The lowest BCUT2D eigenvalue weighted by molar-refractivity contribution is 0.00757. The third-order valence-corrected chi connectivity index (χ3v) is 6.32. The Bertz CT molecular complexity index is 1130. The smallest absolute Gasteiger partial charge is 0.314 e. The van der Waals surface area contributed by atoms with Crippen LogP contribution in [0.4, 0.5) is 23.2 Å². The molecule has 0 atom stereocenters. The molecule has 3 aromatic rings. The molecule has 1 aromatic heterocycles. The Morgan fingerprint density at radius 1 is 1.15 bits per heavy atom. The Hall–Kier alpha value is -3.05. The highest BCUT2D eigenvalue weighted by Crippen LogP contribution is 2.36. The summed E-state index contributed by atoms with van der Waals surface area (Å²) in [5.41, 5.74) is 2.43. The summed E-state index contributed by atoms with van der Waals surface area (Å²) in [4.78, 5) is 4.05. The topological polar surface area (TPSA) is 57.4 Å². The third kappa shape index (κ3) is 4.90. The summed E-state index contributed by atoms with van der Waals surface area (Å²) in [5.74, 6) is -1.01. The summed E-state index contributed by atoms with van der Waals surface area (Å²) < 4.78 is 53.8. The number of benzene rings is 2. The zero-order valence-electron chi connectivity index (χ0n) is 18.3. The van der Waals surface area contributed by atoms with Gasteiger partial charge in [-0.15, -0.1) is 10.2 Å². The number of halogens is 4. The predicted octanol–water partition coefficient (Wildman–Crippen LogP) is 4.60. The summed E-state index contributed by atoms with van der Waals surface area (Å²) >= 11 is 5.78. The number of thiocarbonyl (C=S) groups is 1. The van der Waals surface area contributed by atoms with Crippen molar-refractivity contribution in [2.24, 2.45) is 5.41 Å². The first-order chi connectivity index (χ1) is 16.4. The fourth-order valence-electron chi connectivity index (χ4n) is 4.06. The number of likely N-dealkylation sites (tertiary alicyclic amines) is 1. The zero-order chi connectivity index (χ0) is 24.3. The largest absolute Gasteiger partial charge is 0.415 e. The van der Waals surface area contributed by atoms with Crippen LogP contribution < -0.4 is 10.2 Å². The molecule has 0 amide bonds. The van der Waals surface area contributed by atoms with Gasteiger partial charge in [-0.1, -0.05) is 18.2 Å². The second-order valence-corrected chi connectivity index (χ2v) is 8.62. The first kappa shape index (κ1) is 24.1. The van der Waals surface area contributed by atoms with Crippen molar-refractivity contribution in [1.82, 2.24) is 20.4 Å². The van der Waals surface area contributed by atoms with E-state index in [0.29, 0.717) is 35.5 Å². The number of rotatable bonds is 5. The average molecular weight is 494 g/mol. The highest BCUT2D eigenvalue weighted by Gasteiger charge is 2.49. The highest BCUT2D eigenvalue weighted by atomic mass is 32.1. The molecule has 34 heavy (non-hydrogen) atoms. The number of aromatic nitrogens is 2. The van der Waals surface area contributed by atoms with Crippen molar-refractivity contribution in [2.45, 2.75) is 13.0 Å². The van der Waals surface area contributed by atoms with E-state index >= 15 is 0 Å². The molecule has 0 radical (unpaired) electrons. The van der Waals surface area contributed by atoms with Crippen molar-refractivity contribution < 1.29 is 22.0 Å². The molecule has 11 heteroatoms. The van der Waals surface area contributed by atoms with Crippen LogP contribution >= 0.6 is 12.2 Å². The van der Waals surface area contributed by atoms with Crippen molar-refractivity contribution in [2.75, 3.05) is 38.3 Å². The maximum atomic E-state index is 13.9. The molecule has 5 rings (SSSR count). The number of nitrogens with one attached hydrogen (secondary N) is 1. The van der Waals surface area contributed by atoms with Gasteiger partial charge in [-0.3, -0.25) is 4.39 Å². The van der Waals surface area contributed by atoms with Crippen molar-refractivity contribution in [3.63, 3.8) is 0 Å². The Morgan fingerprint density at radius 2 is 1.85 bits per heavy atom. The molecule has 2 aliphatic rings. The molecular weight excluding hydrogens is 470 g/mol. The zero-order valence-corrected chi connectivity index (χ0v) is 19.2. The molecule has 0 aliphatic carbocycles. The SMILES string of the molecule is CF.Fc1cccc(N(Cc2ccc(-c3nnc(C(F)F)o3)cc2)C(=S)N2CC3(CNC3)C2)c1. The van der Waals surface area contributed by atoms with E-state index in [4.69, 9.17) is 16.6 Å².